The predicted octanol–water partition coefficient (Wildman–Crippen LogP) is 5.71. The third kappa shape index (κ3) is 5.51. The van der Waals surface area contributed by atoms with Gasteiger partial charge in [0.1, 0.15) is 11.6 Å². The second-order valence-electron chi connectivity index (χ2n) is 8.97. The fourth-order valence-electron chi connectivity index (χ4n) is 4.37. The van der Waals surface area contributed by atoms with Crippen molar-refractivity contribution in [2.75, 3.05) is 0 Å². The van der Waals surface area contributed by atoms with Gasteiger partial charge in [-0.1, -0.05) is 23.4 Å². The Kier molecular flexibility index (Phi) is 7.08. The number of carbonyl (C=O) groups is 1. The van der Waals surface area contributed by atoms with Crippen molar-refractivity contribution in [3.05, 3.63) is 112 Å². The third-order valence-electron chi connectivity index (χ3n) is 6.25. The quantitative estimate of drug-likeness (QED) is 0.253. The normalized spacial score (nSPS) is 11.2. The van der Waals surface area contributed by atoms with Gasteiger partial charge in [0, 0.05) is 28.8 Å². The summed E-state index contributed by atoms with van der Waals surface area (Å²) >= 11 is 0. The molecule has 0 unspecified atom stereocenters. The Morgan fingerprint density at radius 2 is 1.63 bits per heavy atom. The molecule has 5 aromatic rings. The van der Waals surface area contributed by atoms with Crippen LogP contribution < -0.4 is 5.56 Å². The second kappa shape index (κ2) is 10.8. The van der Waals surface area contributed by atoms with E-state index in [9.17, 15) is 18.4 Å². The largest absolute Gasteiger partial charge is 0.481 e. The summed E-state index contributed by atoms with van der Waals surface area (Å²) in [6.45, 7) is 0. The molecule has 1 N–H and O–H groups in total. The summed E-state index contributed by atoms with van der Waals surface area (Å²) in [7, 11) is 0. The SMILES string of the molecule is O=C(O)CCCCc1cc2cc(-c3noc(Cc4ccc(F)cc4)n3)ccc2c(=O)n1-c1ccc(F)cc1. The van der Waals surface area contributed by atoms with Gasteiger partial charge in [0.25, 0.3) is 5.56 Å². The van der Waals surface area contributed by atoms with Crippen molar-refractivity contribution >= 4 is 16.7 Å². The van der Waals surface area contributed by atoms with Crippen LogP contribution in [0.15, 0.2) is 82.1 Å². The number of pyridine rings is 1. The molecule has 9 heteroatoms. The summed E-state index contributed by atoms with van der Waals surface area (Å²) < 4.78 is 33.7. The van der Waals surface area contributed by atoms with Gasteiger partial charge in [-0.25, -0.2) is 8.78 Å². The lowest BCUT2D eigenvalue weighted by Crippen LogP contribution is -2.22. The van der Waals surface area contributed by atoms with Crippen LogP contribution in [0.3, 0.4) is 0 Å². The fourth-order valence-corrected chi connectivity index (χ4v) is 4.37. The molecule has 0 aliphatic heterocycles. The van der Waals surface area contributed by atoms with Crippen LogP contribution in [0.5, 0.6) is 0 Å². The molecular weight excluding hydrogens is 492 g/mol. The average molecular weight is 516 g/mol. The zero-order chi connectivity index (χ0) is 26.6. The Hall–Kier alpha value is -4.66. The van der Waals surface area contributed by atoms with Gasteiger partial charge in [-0.15, -0.1) is 0 Å². The monoisotopic (exact) mass is 515 g/mol. The summed E-state index contributed by atoms with van der Waals surface area (Å²) in [6.07, 6.45) is 1.88. The lowest BCUT2D eigenvalue weighted by molar-refractivity contribution is -0.137. The lowest BCUT2D eigenvalue weighted by Gasteiger charge is -2.15. The number of unbranched alkanes of at least 4 members (excludes halogenated alkanes) is 1. The van der Waals surface area contributed by atoms with E-state index in [4.69, 9.17) is 9.63 Å². The number of fused-ring (bicyclic) bond motifs is 1. The Labute approximate surface area is 216 Å². The smallest absolute Gasteiger partial charge is 0.303 e. The molecule has 192 valence electrons. The van der Waals surface area contributed by atoms with Gasteiger partial charge in [-0.3, -0.25) is 14.2 Å². The highest BCUT2D eigenvalue weighted by Gasteiger charge is 2.15. The van der Waals surface area contributed by atoms with Gasteiger partial charge in [0.2, 0.25) is 11.7 Å². The van der Waals surface area contributed by atoms with Gasteiger partial charge < -0.3 is 9.63 Å². The number of hydrogen-bond acceptors (Lipinski definition) is 5. The number of hydrogen-bond donors (Lipinski definition) is 1. The number of aliphatic carboxylic acids is 1. The van der Waals surface area contributed by atoms with Crippen molar-refractivity contribution in [2.24, 2.45) is 0 Å². The van der Waals surface area contributed by atoms with Crippen LogP contribution in [0.25, 0.3) is 27.8 Å². The molecule has 2 heterocycles. The number of carboxylic acids is 1. The number of benzene rings is 3. The summed E-state index contributed by atoms with van der Waals surface area (Å²) in [6, 6.07) is 18.8. The summed E-state index contributed by atoms with van der Waals surface area (Å²) in [5.41, 5.74) is 2.43. The minimum absolute atomic E-state index is 0.0383. The molecule has 0 radical (unpaired) electrons. The molecule has 3 aromatic carbocycles. The molecule has 0 saturated carbocycles. The molecular formula is C29H23F2N3O4. The summed E-state index contributed by atoms with van der Waals surface area (Å²) in [5, 5.41) is 14.2. The van der Waals surface area contributed by atoms with Crippen LogP contribution in [-0.4, -0.2) is 25.8 Å². The number of halogens is 2. The van der Waals surface area contributed by atoms with E-state index in [1.807, 2.05) is 6.07 Å². The molecule has 0 bridgehead atoms. The predicted molar refractivity (Wildman–Crippen MR) is 137 cm³/mol. The maximum absolute atomic E-state index is 13.6. The highest BCUT2D eigenvalue weighted by molar-refractivity contribution is 5.86. The maximum Gasteiger partial charge on any atom is 0.303 e. The van der Waals surface area contributed by atoms with Crippen molar-refractivity contribution in [1.82, 2.24) is 14.7 Å². The van der Waals surface area contributed by atoms with E-state index in [2.05, 4.69) is 10.1 Å². The van der Waals surface area contributed by atoms with Crippen molar-refractivity contribution in [3.8, 4) is 17.1 Å². The standard InChI is InChI=1S/C29H23F2N3O4/c30-21-8-5-18(6-9-21)15-26-32-28(33-38-26)19-7-14-25-20(16-19)17-24(3-1-2-4-27(35)36)34(29(25)37)23-12-10-22(31)11-13-23/h5-14,16-17H,1-4,15H2,(H,35,36). The van der Waals surface area contributed by atoms with Crippen molar-refractivity contribution < 1.29 is 23.2 Å². The van der Waals surface area contributed by atoms with Crippen LogP contribution in [-0.2, 0) is 17.6 Å². The molecule has 0 spiro atoms. The molecule has 0 saturated heterocycles. The molecule has 7 nitrogen and oxygen atoms in total. The van der Waals surface area contributed by atoms with Gasteiger partial charge in [-0.2, -0.15) is 4.98 Å². The Bertz CT molecular complexity index is 1660. The minimum atomic E-state index is -0.872. The molecule has 2 aromatic heterocycles. The first-order valence-corrected chi connectivity index (χ1v) is 12.1. The van der Waals surface area contributed by atoms with Crippen LogP contribution in [0.1, 0.15) is 36.4 Å². The van der Waals surface area contributed by atoms with E-state index in [-0.39, 0.29) is 17.8 Å². The molecule has 38 heavy (non-hydrogen) atoms. The molecule has 0 atom stereocenters. The number of aromatic nitrogens is 3. The van der Waals surface area contributed by atoms with Crippen molar-refractivity contribution in [3.63, 3.8) is 0 Å². The van der Waals surface area contributed by atoms with E-state index in [0.29, 0.717) is 65.1 Å². The minimum Gasteiger partial charge on any atom is -0.481 e. The van der Waals surface area contributed by atoms with Crippen LogP contribution in [0, 0.1) is 11.6 Å². The maximum atomic E-state index is 13.6. The van der Waals surface area contributed by atoms with E-state index < -0.39 is 11.8 Å². The van der Waals surface area contributed by atoms with Crippen molar-refractivity contribution in [2.45, 2.75) is 32.1 Å². The fraction of sp³-hybridized carbons (Fsp3) is 0.172. The number of aryl methyl sites for hydroxylation is 1. The number of carboxylic acid groups (broad SMARTS) is 1. The van der Waals surface area contributed by atoms with Gasteiger partial charge in [0.05, 0.1) is 6.42 Å². The number of nitrogens with zero attached hydrogens (tertiary/aromatic N) is 3. The van der Waals surface area contributed by atoms with Crippen LogP contribution in [0.4, 0.5) is 8.78 Å². The first-order chi connectivity index (χ1) is 18.4. The second-order valence-corrected chi connectivity index (χ2v) is 8.97. The zero-order valence-corrected chi connectivity index (χ0v) is 20.2. The van der Waals surface area contributed by atoms with Gasteiger partial charge in [0.15, 0.2) is 0 Å². The summed E-state index contributed by atoms with van der Waals surface area (Å²) in [5.74, 6) is -0.875. The van der Waals surface area contributed by atoms with E-state index >= 15 is 0 Å². The van der Waals surface area contributed by atoms with Gasteiger partial charge in [-0.05, 0) is 84.8 Å². The Balaban J connectivity index is 1.50. The van der Waals surface area contributed by atoms with Crippen LogP contribution >= 0.6 is 0 Å². The van der Waals surface area contributed by atoms with E-state index in [0.717, 1.165) is 5.56 Å². The summed E-state index contributed by atoms with van der Waals surface area (Å²) in [4.78, 5) is 28.9. The molecule has 0 aliphatic carbocycles. The van der Waals surface area contributed by atoms with Gasteiger partial charge >= 0.3 is 5.97 Å². The molecule has 0 fully saturated rings. The topological polar surface area (TPSA) is 98.2 Å². The van der Waals surface area contributed by atoms with E-state index in [1.54, 1.807) is 42.5 Å². The highest BCUT2D eigenvalue weighted by atomic mass is 19.1. The van der Waals surface area contributed by atoms with Crippen LogP contribution in [0.2, 0.25) is 0 Å². The first kappa shape index (κ1) is 25.0. The zero-order valence-electron chi connectivity index (χ0n) is 20.2. The Morgan fingerprint density at radius 1 is 0.921 bits per heavy atom. The molecule has 0 amide bonds. The van der Waals surface area contributed by atoms with E-state index in [1.165, 1.54) is 28.8 Å². The Morgan fingerprint density at radius 3 is 2.34 bits per heavy atom. The number of rotatable bonds is 9. The van der Waals surface area contributed by atoms with Crippen molar-refractivity contribution in [1.29, 1.82) is 0 Å². The lowest BCUT2D eigenvalue weighted by atomic mass is 10.0. The third-order valence-corrected chi connectivity index (χ3v) is 6.25. The first-order valence-electron chi connectivity index (χ1n) is 12.1. The molecule has 0 aliphatic rings. The average Bonchev–Trinajstić information content (AvgIpc) is 3.37. The molecule has 5 rings (SSSR count). The highest BCUT2D eigenvalue weighted by Crippen LogP contribution is 2.24.